The Hall–Kier alpha value is -2.37. The average Bonchev–Trinajstić information content (AvgIpc) is 2.55. The highest BCUT2D eigenvalue weighted by Crippen LogP contribution is 2.34. The molecule has 1 aromatic rings. The first kappa shape index (κ1) is 18.0. The third-order valence-corrected chi connectivity index (χ3v) is 3.63. The van der Waals surface area contributed by atoms with E-state index in [0.29, 0.717) is 18.3 Å². The fraction of sp³-hybridized carbons (Fsp3) is 0.316. The minimum absolute atomic E-state index is 0.0532. The Kier molecular flexibility index (Phi) is 5.95. The molecule has 128 valence electrons. The van der Waals surface area contributed by atoms with Crippen molar-refractivity contribution in [3.8, 4) is 11.5 Å². The van der Waals surface area contributed by atoms with Gasteiger partial charge in [-0.15, -0.1) is 0 Å². The zero-order valence-electron chi connectivity index (χ0n) is 14.0. The van der Waals surface area contributed by atoms with Crippen LogP contribution in [0, 0.1) is 0 Å². The van der Waals surface area contributed by atoms with Crippen LogP contribution in [-0.4, -0.2) is 28.7 Å². The van der Waals surface area contributed by atoms with Crippen LogP contribution in [-0.2, 0) is 16.2 Å². The number of hydrogen-bond acceptors (Lipinski definition) is 5. The number of hydrogen-bond donors (Lipinski definition) is 2. The van der Waals surface area contributed by atoms with Gasteiger partial charge in [0.15, 0.2) is 6.29 Å². The van der Waals surface area contributed by atoms with Gasteiger partial charge in [0.25, 0.3) is 0 Å². The molecule has 0 saturated carbocycles. The topological polar surface area (TPSA) is 76.0 Å². The summed E-state index contributed by atoms with van der Waals surface area (Å²) >= 11 is 0. The minimum Gasteiger partial charge on any atom is -0.507 e. The summed E-state index contributed by atoms with van der Waals surface area (Å²) in [5, 5.41) is 20.5. The van der Waals surface area contributed by atoms with Crippen LogP contribution in [0.4, 0.5) is 0 Å². The second kappa shape index (κ2) is 7.95. The molecule has 1 aliphatic heterocycles. The molecular weight excluding hydrogens is 308 g/mol. The summed E-state index contributed by atoms with van der Waals surface area (Å²) in [6.45, 7) is 5.72. The highest BCUT2D eigenvalue weighted by atomic mass is 17.2. The molecule has 0 aromatic heterocycles. The lowest BCUT2D eigenvalue weighted by Crippen LogP contribution is -2.18. The van der Waals surface area contributed by atoms with Crippen molar-refractivity contribution in [2.75, 3.05) is 0 Å². The molecule has 2 rings (SSSR count). The molecular formula is C19H22O5. The normalized spacial score (nSPS) is 20.3. The van der Waals surface area contributed by atoms with E-state index in [2.05, 4.69) is 0 Å². The second-order valence-corrected chi connectivity index (χ2v) is 5.94. The lowest BCUT2D eigenvalue weighted by Gasteiger charge is -2.17. The maximum absolute atomic E-state index is 11.4. The molecule has 0 saturated heterocycles. The lowest BCUT2D eigenvalue weighted by molar-refractivity contribution is -0.326. The number of benzene rings is 1. The molecule has 1 aromatic carbocycles. The number of phenols is 2. The molecule has 0 aliphatic carbocycles. The molecule has 1 aliphatic rings. The predicted octanol–water partition coefficient (Wildman–Crippen LogP) is 3.71. The van der Waals surface area contributed by atoms with Crippen LogP contribution in [0.1, 0.15) is 42.3 Å². The largest absolute Gasteiger partial charge is 0.507 e. The molecule has 0 bridgehead atoms. The number of aromatic hydroxyl groups is 2. The van der Waals surface area contributed by atoms with E-state index in [4.69, 9.17) is 9.78 Å². The summed E-state index contributed by atoms with van der Waals surface area (Å²) in [7, 11) is 0. The van der Waals surface area contributed by atoms with Crippen molar-refractivity contribution >= 4 is 12.4 Å². The second-order valence-electron chi connectivity index (χ2n) is 5.94. The van der Waals surface area contributed by atoms with Crippen LogP contribution in [0.2, 0.25) is 0 Å². The Labute approximate surface area is 141 Å². The quantitative estimate of drug-likeness (QED) is 0.372. The summed E-state index contributed by atoms with van der Waals surface area (Å²) in [5.74, 6) is -0.192. The number of carbonyl (C=O) groups excluding carboxylic acids is 1. The van der Waals surface area contributed by atoms with Crippen molar-refractivity contribution in [3.05, 3.63) is 52.6 Å². The van der Waals surface area contributed by atoms with E-state index in [1.165, 1.54) is 12.1 Å². The SMILES string of the molecule is CC(C)=CCc1cc(O)c(C=CC2C=CC(C)OO2)c(C=O)c1O. The standard InChI is InChI=1S/C19H22O5/c1-12(2)4-6-14-10-18(21)16(17(11-20)19(14)22)9-8-15-7-5-13(3)23-24-15/h4-5,7-11,13,15,21-22H,6H2,1-3H3. The minimum atomic E-state index is -0.424. The van der Waals surface area contributed by atoms with Gasteiger partial charge in [0.05, 0.1) is 5.56 Å². The van der Waals surface area contributed by atoms with Crippen LogP contribution in [0.3, 0.4) is 0 Å². The fourth-order valence-corrected chi connectivity index (χ4v) is 2.28. The van der Waals surface area contributed by atoms with E-state index in [0.717, 1.165) is 5.57 Å². The maximum Gasteiger partial charge on any atom is 0.154 e. The molecule has 0 spiro atoms. The van der Waals surface area contributed by atoms with Crippen molar-refractivity contribution in [3.63, 3.8) is 0 Å². The van der Waals surface area contributed by atoms with Crippen molar-refractivity contribution in [1.82, 2.24) is 0 Å². The first-order valence-electron chi connectivity index (χ1n) is 7.77. The van der Waals surface area contributed by atoms with Gasteiger partial charge in [-0.25, -0.2) is 9.78 Å². The first-order valence-corrected chi connectivity index (χ1v) is 7.77. The Morgan fingerprint density at radius 2 is 1.96 bits per heavy atom. The average molecular weight is 330 g/mol. The third-order valence-electron chi connectivity index (χ3n) is 3.63. The number of rotatable bonds is 5. The van der Waals surface area contributed by atoms with E-state index >= 15 is 0 Å². The van der Waals surface area contributed by atoms with Crippen LogP contribution >= 0.6 is 0 Å². The molecule has 5 nitrogen and oxygen atoms in total. The molecule has 1 heterocycles. The van der Waals surface area contributed by atoms with Gasteiger partial charge < -0.3 is 10.2 Å². The van der Waals surface area contributed by atoms with Crippen LogP contribution in [0.15, 0.2) is 35.9 Å². The fourth-order valence-electron chi connectivity index (χ4n) is 2.28. The van der Waals surface area contributed by atoms with E-state index in [-0.39, 0.29) is 28.7 Å². The number of phenolic OH excluding ortho intramolecular Hbond substituents is 2. The van der Waals surface area contributed by atoms with Crippen molar-refractivity contribution < 1.29 is 24.8 Å². The zero-order valence-corrected chi connectivity index (χ0v) is 14.0. The number of carbonyl (C=O) groups is 1. The molecule has 2 unspecified atom stereocenters. The van der Waals surface area contributed by atoms with Crippen molar-refractivity contribution in [2.45, 2.75) is 39.4 Å². The van der Waals surface area contributed by atoms with E-state index < -0.39 is 6.10 Å². The van der Waals surface area contributed by atoms with E-state index in [1.54, 1.807) is 6.08 Å². The smallest absolute Gasteiger partial charge is 0.154 e. The summed E-state index contributed by atoms with van der Waals surface area (Å²) in [5.41, 5.74) is 1.89. The monoisotopic (exact) mass is 330 g/mol. The van der Waals surface area contributed by atoms with Crippen LogP contribution < -0.4 is 0 Å². The van der Waals surface area contributed by atoms with Gasteiger partial charge in [0.1, 0.15) is 23.7 Å². The van der Waals surface area contributed by atoms with Crippen molar-refractivity contribution in [2.24, 2.45) is 0 Å². The van der Waals surface area contributed by atoms with Gasteiger partial charge in [-0.1, -0.05) is 29.9 Å². The molecule has 2 N–H and O–H groups in total. The summed E-state index contributed by atoms with van der Waals surface area (Å²) in [6, 6.07) is 1.47. The van der Waals surface area contributed by atoms with Gasteiger partial charge >= 0.3 is 0 Å². The Morgan fingerprint density at radius 1 is 1.21 bits per heavy atom. The van der Waals surface area contributed by atoms with E-state index in [9.17, 15) is 15.0 Å². The number of allylic oxidation sites excluding steroid dienone is 2. The maximum atomic E-state index is 11.4. The summed E-state index contributed by atoms with van der Waals surface area (Å²) < 4.78 is 0. The lowest BCUT2D eigenvalue weighted by atomic mass is 9.98. The first-order chi connectivity index (χ1) is 11.4. The van der Waals surface area contributed by atoms with Gasteiger partial charge in [0.2, 0.25) is 0 Å². The molecule has 0 radical (unpaired) electrons. The summed E-state index contributed by atoms with van der Waals surface area (Å²) in [6.07, 6.45) is 9.18. The Balaban J connectivity index is 2.33. The molecule has 0 fully saturated rings. The third kappa shape index (κ3) is 4.34. The number of aldehydes is 1. The Bertz CT molecular complexity index is 696. The Morgan fingerprint density at radius 3 is 2.54 bits per heavy atom. The van der Waals surface area contributed by atoms with Gasteiger partial charge in [0, 0.05) is 11.1 Å². The van der Waals surface area contributed by atoms with Gasteiger partial charge in [-0.05, 0) is 39.3 Å². The van der Waals surface area contributed by atoms with E-state index in [1.807, 2.05) is 39.0 Å². The van der Waals surface area contributed by atoms with Crippen LogP contribution in [0.5, 0.6) is 11.5 Å². The van der Waals surface area contributed by atoms with Gasteiger partial charge in [-0.3, -0.25) is 4.79 Å². The molecule has 0 amide bonds. The molecule has 24 heavy (non-hydrogen) atoms. The molecule has 2 atom stereocenters. The molecule has 5 heteroatoms. The highest BCUT2D eigenvalue weighted by molar-refractivity contribution is 5.88. The zero-order chi connectivity index (χ0) is 17.7. The van der Waals surface area contributed by atoms with Crippen molar-refractivity contribution in [1.29, 1.82) is 0 Å². The highest BCUT2D eigenvalue weighted by Gasteiger charge is 2.16. The van der Waals surface area contributed by atoms with Crippen LogP contribution in [0.25, 0.3) is 6.08 Å². The van der Waals surface area contributed by atoms with Gasteiger partial charge in [-0.2, -0.15) is 0 Å². The predicted molar refractivity (Wildman–Crippen MR) is 91.9 cm³/mol. The summed E-state index contributed by atoms with van der Waals surface area (Å²) in [4.78, 5) is 21.6.